The average molecular weight is 333 g/mol. The molecule has 1 aromatic carbocycles. The van der Waals surface area contributed by atoms with E-state index in [1.54, 1.807) is 39.3 Å². The highest BCUT2D eigenvalue weighted by Crippen LogP contribution is 2.26. The van der Waals surface area contributed by atoms with Gasteiger partial charge < -0.3 is 16.0 Å². The number of thiophene rings is 1. The molecule has 0 saturated heterocycles. The molecule has 0 aliphatic carbocycles. The lowest BCUT2D eigenvalue weighted by Crippen LogP contribution is -2.56. The zero-order valence-corrected chi connectivity index (χ0v) is 14.7. The Labute approximate surface area is 140 Å². The first-order chi connectivity index (χ1) is 10.7. The van der Waals surface area contributed by atoms with Crippen molar-refractivity contribution in [1.82, 2.24) is 10.2 Å². The molecule has 1 atom stereocenters. The van der Waals surface area contributed by atoms with E-state index in [1.165, 1.54) is 9.60 Å². The molecule has 2 rings (SSSR count). The van der Waals surface area contributed by atoms with Crippen LogP contribution < -0.4 is 11.1 Å². The number of likely N-dealkylation sites (N-methyl/N-ethyl adjacent to an activating group) is 1. The van der Waals surface area contributed by atoms with Crippen LogP contribution in [0.3, 0.4) is 0 Å². The SMILES string of the molecule is CN(C)C(=O)[C@@H](Cc1csc2ccccc12)NC(=O)C(C)(C)N. The van der Waals surface area contributed by atoms with Crippen molar-refractivity contribution < 1.29 is 9.59 Å². The lowest BCUT2D eigenvalue weighted by molar-refractivity contribution is -0.135. The lowest BCUT2D eigenvalue weighted by Gasteiger charge is -2.25. The second-order valence-electron chi connectivity index (χ2n) is 6.44. The Balaban J connectivity index is 2.27. The van der Waals surface area contributed by atoms with Gasteiger partial charge in [0.15, 0.2) is 0 Å². The third-order valence-electron chi connectivity index (χ3n) is 3.61. The molecule has 0 radical (unpaired) electrons. The molecule has 0 aliphatic rings. The minimum Gasteiger partial charge on any atom is -0.347 e. The lowest BCUT2D eigenvalue weighted by atomic mass is 10.0. The number of nitrogens with two attached hydrogens (primary N) is 1. The summed E-state index contributed by atoms with van der Waals surface area (Å²) in [5.41, 5.74) is 5.86. The van der Waals surface area contributed by atoms with Crippen LogP contribution >= 0.6 is 11.3 Å². The van der Waals surface area contributed by atoms with E-state index in [1.807, 2.05) is 29.6 Å². The van der Waals surface area contributed by atoms with Crippen LogP contribution in [0.2, 0.25) is 0 Å². The first-order valence-electron chi connectivity index (χ1n) is 7.46. The zero-order valence-electron chi connectivity index (χ0n) is 13.9. The molecule has 1 heterocycles. The minimum absolute atomic E-state index is 0.141. The van der Waals surface area contributed by atoms with Crippen molar-refractivity contribution in [3.63, 3.8) is 0 Å². The Bertz CT molecular complexity index is 716. The molecule has 0 spiro atoms. The Morgan fingerprint density at radius 2 is 1.96 bits per heavy atom. The van der Waals surface area contributed by atoms with Gasteiger partial charge in [-0.25, -0.2) is 0 Å². The van der Waals surface area contributed by atoms with Crippen LogP contribution in [-0.2, 0) is 16.0 Å². The zero-order chi connectivity index (χ0) is 17.2. The smallest absolute Gasteiger partial charge is 0.244 e. The Kier molecular flexibility index (Phi) is 5.06. The van der Waals surface area contributed by atoms with E-state index in [2.05, 4.69) is 5.32 Å². The summed E-state index contributed by atoms with van der Waals surface area (Å²) in [4.78, 5) is 26.1. The molecule has 3 N–H and O–H groups in total. The number of benzene rings is 1. The normalized spacial score (nSPS) is 12.9. The molecule has 6 heteroatoms. The molecule has 5 nitrogen and oxygen atoms in total. The summed E-state index contributed by atoms with van der Waals surface area (Å²) in [6, 6.07) is 7.42. The van der Waals surface area contributed by atoms with Gasteiger partial charge >= 0.3 is 0 Å². The van der Waals surface area contributed by atoms with Crippen molar-refractivity contribution in [1.29, 1.82) is 0 Å². The van der Waals surface area contributed by atoms with E-state index in [-0.39, 0.29) is 11.8 Å². The Morgan fingerprint density at radius 3 is 2.57 bits per heavy atom. The van der Waals surface area contributed by atoms with Crippen molar-refractivity contribution >= 4 is 33.2 Å². The maximum atomic E-state index is 12.4. The van der Waals surface area contributed by atoms with Crippen molar-refractivity contribution in [3.05, 3.63) is 35.2 Å². The van der Waals surface area contributed by atoms with Gasteiger partial charge in [0.1, 0.15) is 6.04 Å². The monoisotopic (exact) mass is 333 g/mol. The molecule has 2 aromatic rings. The number of rotatable bonds is 5. The largest absolute Gasteiger partial charge is 0.347 e. The molecular formula is C17H23N3O2S. The summed E-state index contributed by atoms with van der Waals surface area (Å²) >= 11 is 1.64. The van der Waals surface area contributed by atoms with Crippen molar-refractivity contribution in [2.75, 3.05) is 14.1 Å². The van der Waals surface area contributed by atoms with Crippen LogP contribution in [0.4, 0.5) is 0 Å². The second-order valence-corrected chi connectivity index (χ2v) is 7.35. The van der Waals surface area contributed by atoms with Gasteiger partial charge in [-0.1, -0.05) is 18.2 Å². The summed E-state index contributed by atoms with van der Waals surface area (Å²) in [7, 11) is 3.36. The van der Waals surface area contributed by atoms with Crippen LogP contribution in [-0.4, -0.2) is 42.4 Å². The van der Waals surface area contributed by atoms with Gasteiger partial charge in [-0.3, -0.25) is 9.59 Å². The second kappa shape index (κ2) is 6.68. The van der Waals surface area contributed by atoms with E-state index in [0.29, 0.717) is 6.42 Å². The molecule has 2 amide bonds. The molecular weight excluding hydrogens is 310 g/mol. The van der Waals surface area contributed by atoms with Gasteiger partial charge in [-0.05, 0) is 36.2 Å². The summed E-state index contributed by atoms with van der Waals surface area (Å²) in [5, 5.41) is 5.95. The molecule has 124 valence electrons. The summed E-state index contributed by atoms with van der Waals surface area (Å²) in [6.45, 7) is 3.25. The van der Waals surface area contributed by atoms with Crippen molar-refractivity contribution in [2.24, 2.45) is 5.73 Å². The number of amides is 2. The number of fused-ring (bicyclic) bond motifs is 1. The highest BCUT2D eigenvalue weighted by atomic mass is 32.1. The fraction of sp³-hybridized carbons (Fsp3) is 0.412. The summed E-state index contributed by atoms with van der Waals surface area (Å²) < 4.78 is 1.17. The van der Waals surface area contributed by atoms with Gasteiger partial charge in [-0.15, -0.1) is 11.3 Å². The first kappa shape index (κ1) is 17.4. The highest BCUT2D eigenvalue weighted by molar-refractivity contribution is 7.17. The van der Waals surface area contributed by atoms with E-state index >= 15 is 0 Å². The standard InChI is InChI=1S/C17H23N3O2S/c1-17(2,18)16(22)19-13(15(21)20(3)4)9-11-10-23-14-8-6-5-7-12(11)14/h5-8,10,13H,9,18H2,1-4H3,(H,19,22)/t13-/m1/s1. The molecule has 0 bridgehead atoms. The van der Waals surface area contributed by atoms with E-state index in [4.69, 9.17) is 5.73 Å². The fourth-order valence-electron chi connectivity index (χ4n) is 2.27. The minimum atomic E-state index is -1.03. The topological polar surface area (TPSA) is 75.4 Å². The molecule has 23 heavy (non-hydrogen) atoms. The number of carbonyl (C=O) groups is 2. The molecule has 1 aromatic heterocycles. The number of carbonyl (C=O) groups excluding carboxylic acids is 2. The summed E-state index contributed by atoms with van der Waals surface area (Å²) in [5.74, 6) is -0.477. The third kappa shape index (κ3) is 4.09. The Morgan fingerprint density at radius 1 is 1.30 bits per heavy atom. The van der Waals surface area contributed by atoms with Crippen LogP contribution in [0.5, 0.6) is 0 Å². The van der Waals surface area contributed by atoms with Gasteiger partial charge in [0, 0.05) is 25.2 Å². The summed E-state index contributed by atoms with van der Waals surface area (Å²) in [6.07, 6.45) is 0.447. The number of hydrogen-bond donors (Lipinski definition) is 2. The first-order valence-corrected chi connectivity index (χ1v) is 8.34. The predicted octanol–water partition coefficient (Wildman–Crippen LogP) is 1.75. The van der Waals surface area contributed by atoms with Gasteiger partial charge in [0.25, 0.3) is 0 Å². The van der Waals surface area contributed by atoms with Crippen molar-refractivity contribution in [3.8, 4) is 0 Å². The Hall–Kier alpha value is -1.92. The maximum absolute atomic E-state index is 12.4. The third-order valence-corrected chi connectivity index (χ3v) is 4.63. The number of hydrogen-bond acceptors (Lipinski definition) is 4. The van der Waals surface area contributed by atoms with Crippen LogP contribution in [0.15, 0.2) is 29.6 Å². The van der Waals surface area contributed by atoms with Crippen LogP contribution in [0.1, 0.15) is 19.4 Å². The van der Waals surface area contributed by atoms with Gasteiger partial charge in [-0.2, -0.15) is 0 Å². The quantitative estimate of drug-likeness (QED) is 0.875. The predicted molar refractivity (Wildman–Crippen MR) is 94.4 cm³/mol. The maximum Gasteiger partial charge on any atom is 0.244 e. The van der Waals surface area contributed by atoms with E-state index in [0.717, 1.165) is 10.9 Å². The highest BCUT2D eigenvalue weighted by Gasteiger charge is 2.29. The van der Waals surface area contributed by atoms with Gasteiger partial charge in [0.2, 0.25) is 11.8 Å². The van der Waals surface area contributed by atoms with Crippen molar-refractivity contribution in [2.45, 2.75) is 31.8 Å². The average Bonchev–Trinajstić information content (AvgIpc) is 2.88. The van der Waals surface area contributed by atoms with E-state index in [9.17, 15) is 9.59 Å². The molecule has 0 aliphatic heterocycles. The van der Waals surface area contributed by atoms with E-state index < -0.39 is 11.6 Å². The molecule has 0 fully saturated rings. The molecule has 0 saturated carbocycles. The number of nitrogens with one attached hydrogen (secondary N) is 1. The molecule has 0 unspecified atom stereocenters. The number of nitrogens with zero attached hydrogens (tertiary/aromatic N) is 1. The van der Waals surface area contributed by atoms with Crippen LogP contribution in [0.25, 0.3) is 10.1 Å². The van der Waals surface area contributed by atoms with Gasteiger partial charge in [0.05, 0.1) is 5.54 Å². The van der Waals surface area contributed by atoms with Crippen LogP contribution in [0, 0.1) is 0 Å². The fourth-order valence-corrected chi connectivity index (χ4v) is 3.24.